The Kier molecular flexibility index (Phi) is 9.23. The van der Waals surface area contributed by atoms with Crippen LogP contribution in [0.2, 0.25) is 0 Å². The van der Waals surface area contributed by atoms with Crippen LogP contribution in [-0.4, -0.2) is 55.2 Å². The topological polar surface area (TPSA) is 85.3 Å². The Hall–Kier alpha value is -2.12. The van der Waals surface area contributed by atoms with Crippen LogP contribution in [0.15, 0.2) is 30.3 Å². The molecule has 0 radical (unpaired) electrons. The molecule has 0 bridgehead atoms. The van der Waals surface area contributed by atoms with E-state index in [2.05, 4.69) is 0 Å². The highest BCUT2D eigenvalue weighted by Gasteiger charge is 2.34. The van der Waals surface area contributed by atoms with Crippen molar-refractivity contribution in [2.45, 2.75) is 45.3 Å². The van der Waals surface area contributed by atoms with Crippen molar-refractivity contribution < 1.29 is 28.9 Å². The molecular formula is C21H31NO6. The van der Waals surface area contributed by atoms with Crippen LogP contribution in [0.3, 0.4) is 0 Å². The molecule has 1 aromatic rings. The SMILES string of the molecule is CCN(C[C@@H]1CC[C@@H](CC(=O)O)C[C@H]1OCOC)C(=O)OCc1ccccc1. The van der Waals surface area contributed by atoms with Gasteiger partial charge in [0.1, 0.15) is 13.4 Å². The number of rotatable bonds is 10. The second-order valence-corrected chi connectivity index (χ2v) is 7.23. The summed E-state index contributed by atoms with van der Waals surface area (Å²) in [7, 11) is 1.56. The summed E-state index contributed by atoms with van der Waals surface area (Å²) < 4.78 is 16.3. The number of benzene rings is 1. The molecule has 0 spiro atoms. The Morgan fingerprint density at radius 2 is 1.96 bits per heavy atom. The molecule has 1 N–H and O–H groups in total. The van der Waals surface area contributed by atoms with Gasteiger partial charge in [0, 0.05) is 32.5 Å². The zero-order valence-corrected chi connectivity index (χ0v) is 16.7. The van der Waals surface area contributed by atoms with E-state index in [-0.39, 0.29) is 43.9 Å². The van der Waals surface area contributed by atoms with Gasteiger partial charge in [0.05, 0.1) is 6.10 Å². The third-order valence-electron chi connectivity index (χ3n) is 5.20. The Morgan fingerprint density at radius 1 is 1.21 bits per heavy atom. The molecule has 1 amide bonds. The summed E-state index contributed by atoms with van der Waals surface area (Å²) in [5.41, 5.74) is 0.947. The molecule has 7 heteroatoms. The van der Waals surface area contributed by atoms with E-state index in [0.717, 1.165) is 18.4 Å². The maximum absolute atomic E-state index is 12.5. The van der Waals surface area contributed by atoms with Crippen molar-refractivity contribution in [3.8, 4) is 0 Å². The molecule has 0 saturated heterocycles. The molecule has 2 rings (SSSR count). The van der Waals surface area contributed by atoms with Crippen LogP contribution >= 0.6 is 0 Å². The van der Waals surface area contributed by atoms with Gasteiger partial charge < -0.3 is 24.2 Å². The third-order valence-corrected chi connectivity index (χ3v) is 5.20. The minimum Gasteiger partial charge on any atom is -0.481 e. The van der Waals surface area contributed by atoms with Crippen molar-refractivity contribution in [1.29, 1.82) is 0 Å². The number of hydrogen-bond acceptors (Lipinski definition) is 5. The Labute approximate surface area is 166 Å². The van der Waals surface area contributed by atoms with Gasteiger partial charge in [0.15, 0.2) is 0 Å². The third kappa shape index (κ3) is 7.13. The van der Waals surface area contributed by atoms with Gasteiger partial charge in [0.2, 0.25) is 0 Å². The maximum atomic E-state index is 12.5. The number of ether oxygens (including phenoxy) is 3. The van der Waals surface area contributed by atoms with Gasteiger partial charge in [-0.05, 0) is 37.7 Å². The van der Waals surface area contributed by atoms with E-state index in [1.165, 1.54) is 0 Å². The van der Waals surface area contributed by atoms with E-state index in [1.54, 1.807) is 12.0 Å². The molecule has 1 aliphatic carbocycles. The zero-order chi connectivity index (χ0) is 20.4. The van der Waals surface area contributed by atoms with Crippen molar-refractivity contribution in [3.05, 3.63) is 35.9 Å². The smallest absolute Gasteiger partial charge is 0.410 e. The number of aliphatic carboxylic acids is 1. The molecule has 0 aromatic heterocycles. The first-order valence-electron chi connectivity index (χ1n) is 9.81. The molecule has 0 unspecified atom stereocenters. The van der Waals surface area contributed by atoms with Crippen molar-refractivity contribution in [2.24, 2.45) is 11.8 Å². The summed E-state index contributed by atoms with van der Waals surface area (Å²) in [6.07, 6.45) is 1.97. The molecule has 0 aliphatic heterocycles. The number of carbonyl (C=O) groups excluding carboxylic acids is 1. The van der Waals surface area contributed by atoms with Crippen LogP contribution in [0.4, 0.5) is 4.79 Å². The van der Waals surface area contributed by atoms with E-state index in [0.29, 0.717) is 19.5 Å². The number of carbonyl (C=O) groups is 2. The highest BCUT2D eigenvalue weighted by Crippen LogP contribution is 2.33. The van der Waals surface area contributed by atoms with Gasteiger partial charge in [-0.25, -0.2) is 4.79 Å². The Morgan fingerprint density at radius 3 is 2.61 bits per heavy atom. The lowest BCUT2D eigenvalue weighted by Gasteiger charge is -2.37. The van der Waals surface area contributed by atoms with Crippen LogP contribution in [-0.2, 0) is 25.6 Å². The van der Waals surface area contributed by atoms with E-state index in [9.17, 15) is 9.59 Å². The largest absolute Gasteiger partial charge is 0.481 e. The van der Waals surface area contributed by atoms with Gasteiger partial charge in [-0.3, -0.25) is 4.79 Å². The van der Waals surface area contributed by atoms with E-state index < -0.39 is 5.97 Å². The lowest BCUT2D eigenvalue weighted by molar-refractivity contribution is -0.140. The summed E-state index contributed by atoms with van der Waals surface area (Å²) in [5, 5.41) is 9.07. The van der Waals surface area contributed by atoms with Gasteiger partial charge in [0.25, 0.3) is 0 Å². The van der Waals surface area contributed by atoms with E-state index >= 15 is 0 Å². The molecule has 156 valence electrons. The monoisotopic (exact) mass is 393 g/mol. The summed E-state index contributed by atoms with van der Waals surface area (Å²) in [5.74, 6) is -0.561. The molecule has 0 heterocycles. The van der Waals surface area contributed by atoms with Crippen LogP contribution in [0.1, 0.15) is 38.2 Å². The first-order valence-corrected chi connectivity index (χ1v) is 9.81. The van der Waals surface area contributed by atoms with Gasteiger partial charge in [-0.1, -0.05) is 30.3 Å². The Balaban J connectivity index is 1.92. The fourth-order valence-corrected chi connectivity index (χ4v) is 3.70. The number of hydrogen-bond donors (Lipinski definition) is 1. The highest BCUT2D eigenvalue weighted by molar-refractivity contribution is 5.67. The second kappa shape index (κ2) is 11.7. The molecule has 1 saturated carbocycles. The van der Waals surface area contributed by atoms with Crippen molar-refractivity contribution >= 4 is 12.1 Å². The predicted molar refractivity (Wildman–Crippen MR) is 104 cm³/mol. The summed E-state index contributed by atoms with van der Waals surface area (Å²) >= 11 is 0. The summed E-state index contributed by atoms with van der Waals surface area (Å²) in [6, 6.07) is 9.58. The second-order valence-electron chi connectivity index (χ2n) is 7.23. The summed E-state index contributed by atoms with van der Waals surface area (Å²) in [4.78, 5) is 25.2. The number of carboxylic acids is 1. The lowest BCUT2D eigenvalue weighted by atomic mass is 9.78. The lowest BCUT2D eigenvalue weighted by Crippen LogP contribution is -2.43. The first kappa shape index (κ1) is 22.2. The minimum atomic E-state index is -0.784. The molecule has 7 nitrogen and oxygen atoms in total. The fraction of sp³-hybridized carbons (Fsp3) is 0.619. The standard InChI is InChI=1S/C21H31NO6/c1-3-22(21(25)27-14-16-7-5-4-6-8-16)13-18-10-9-17(12-20(23)24)11-19(18)28-15-26-2/h4-8,17-19H,3,9-15H2,1-2H3,(H,23,24)/t17-,18+,19-/m1/s1. The fourth-order valence-electron chi connectivity index (χ4n) is 3.70. The zero-order valence-electron chi connectivity index (χ0n) is 16.7. The number of methoxy groups -OCH3 is 1. The molecule has 28 heavy (non-hydrogen) atoms. The number of nitrogens with zero attached hydrogens (tertiary/aromatic N) is 1. The molecule has 1 fully saturated rings. The van der Waals surface area contributed by atoms with E-state index in [1.807, 2.05) is 37.3 Å². The van der Waals surface area contributed by atoms with Crippen LogP contribution < -0.4 is 0 Å². The first-order chi connectivity index (χ1) is 13.5. The highest BCUT2D eigenvalue weighted by atomic mass is 16.7. The molecular weight excluding hydrogens is 362 g/mol. The van der Waals surface area contributed by atoms with Gasteiger partial charge in [-0.2, -0.15) is 0 Å². The predicted octanol–water partition coefficient (Wildman–Crippen LogP) is 3.53. The minimum absolute atomic E-state index is 0.0933. The van der Waals surface area contributed by atoms with Crippen molar-refractivity contribution in [3.63, 3.8) is 0 Å². The normalized spacial score (nSPS) is 21.9. The molecule has 1 aliphatic rings. The van der Waals surface area contributed by atoms with E-state index in [4.69, 9.17) is 19.3 Å². The molecule has 3 atom stereocenters. The number of amides is 1. The van der Waals surface area contributed by atoms with Crippen LogP contribution in [0.5, 0.6) is 0 Å². The molecule has 1 aromatic carbocycles. The van der Waals surface area contributed by atoms with Crippen LogP contribution in [0.25, 0.3) is 0 Å². The average molecular weight is 393 g/mol. The quantitative estimate of drug-likeness (QED) is 0.612. The van der Waals surface area contributed by atoms with Gasteiger partial charge in [-0.15, -0.1) is 0 Å². The summed E-state index contributed by atoms with van der Waals surface area (Å²) in [6.45, 7) is 3.39. The average Bonchev–Trinajstić information content (AvgIpc) is 2.70. The maximum Gasteiger partial charge on any atom is 0.410 e. The number of carboxylic acid groups (broad SMARTS) is 1. The van der Waals surface area contributed by atoms with Crippen LogP contribution in [0, 0.1) is 11.8 Å². The van der Waals surface area contributed by atoms with Crippen molar-refractivity contribution in [2.75, 3.05) is 27.0 Å². The van der Waals surface area contributed by atoms with Gasteiger partial charge >= 0.3 is 12.1 Å². The Bertz CT molecular complexity index is 608. The van der Waals surface area contributed by atoms with Crippen molar-refractivity contribution in [1.82, 2.24) is 4.90 Å².